The Morgan fingerprint density at radius 2 is 1.74 bits per heavy atom. The van der Waals surface area contributed by atoms with Gasteiger partial charge in [-0.1, -0.05) is 47.6 Å². The zero-order valence-electron chi connectivity index (χ0n) is 22.7. The summed E-state index contributed by atoms with van der Waals surface area (Å²) in [6, 6.07) is 19.8. The molecule has 6 rings (SSSR count). The molecule has 0 fully saturated rings. The molecule has 3 aromatic carbocycles. The lowest BCUT2D eigenvalue weighted by Crippen LogP contribution is -2.43. The van der Waals surface area contributed by atoms with Crippen LogP contribution in [0, 0.1) is 0 Å². The molecule has 0 saturated heterocycles. The molecule has 0 bridgehead atoms. The van der Waals surface area contributed by atoms with Crippen LogP contribution in [0.25, 0.3) is 17.1 Å². The van der Waals surface area contributed by atoms with E-state index in [-0.39, 0.29) is 6.04 Å². The van der Waals surface area contributed by atoms with E-state index in [0.717, 1.165) is 34.1 Å². The van der Waals surface area contributed by atoms with Crippen LogP contribution in [-0.4, -0.2) is 64.6 Å². The number of hydrogen-bond donors (Lipinski definition) is 1. The van der Waals surface area contributed by atoms with Gasteiger partial charge in [0.2, 0.25) is 5.72 Å². The Kier molecular flexibility index (Phi) is 7.00. The first-order valence-corrected chi connectivity index (χ1v) is 14.0. The van der Waals surface area contributed by atoms with Gasteiger partial charge >= 0.3 is 17.5 Å². The molecule has 0 amide bonds. The molecule has 0 saturated carbocycles. The van der Waals surface area contributed by atoms with Gasteiger partial charge in [-0.05, 0) is 54.6 Å². The maximum atomic E-state index is 13.2. The Balaban J connectivity index is 1.17. The Hall–Kier alpha value is -4.30. The van der Waals surface area contributed by atoms with Crippen molar-refractivity contribution in [2.45, 2.75) is 37.9 Å². The highest BCUT2D eigenvalue weighted by Crippen LogP contribution is 2.44. The molecular formula is C29H24F5N6O2S+. The molecule has 2 atom stereocenters. The van der Waals surface area contributed by atoms with Crippen LogP contribution < -0.4 is 4.74 Å². The van der Waals surface area contributed by atoms with Gasteiger partial charge in [-0.3, -0.25) is 0 Å². The van der Waals surface area contributed by atoms with Gasteiger partial charge in [0.05, 0.1) is 17.7 Å². The number of ether oxygens (including phenoxy) is 1. The van der Waals surface area contributed by atoms with E-state index in [1.54, 1.807) is 24.9 Å². The van der Waals surface area contributed by atoms with Crippen molar-refractivity contribution in [1.29, 1.82) is 0 Å². The number of rotatable bonds is 6. The highest BCUT2D eigenvalue weighted by Gasteiger charge is 2.61. The van der Waals surface area contributed by atoms with E-state index in [1.165, 1.54) is 23.1 Å². The minimum Gasteiger partial charge on any atom is -0.426 e. The monoisotopic (exact) mass is 615 g/mol. The number of amidine groups is 1. The number of aliphatic hydroxyl groups is 1. The molecule has 0 aliphatic carbocycles. The lowest BCUT2D eigenvalue weighted by Gasteiger charge is -2.29. The second kappa shape index (κ2) is 10.5. The molecule has 1 aromatic heterocycles. The predicted octanol–water partition coefficient (Wildman–Crippen LogP) is 6.33. The van der Waals surface area contributed by atoms with Gasteiger partial charge in [-0.25, -0.2) is 9.67 Å². The SMILES string of the molecule is CC1c2ccccc2[N+]2=C(SCC2(C)O)N1/N=C/c1ccc(-c2ncn(-c3ccc(OC(F)(F)C(F)(F)F)cc3)n2)cc1. The Morgan fingerprint density at radius 3 is 2.44 bits per heavy atom. The minimum absolute atomic E-state index is 0.0469. The number of nitrogens with zero attached hydrogens (tertiary/aromatic N) is 6. The summed E-state index contributed by atoms with van der Waals surface area (Å²) in [4.78, 5) is 4.28. The van der Waals surface area contributed by atoms with Crippen LogP contribution >= 0.6 is 11.8 Å². The lowest BCUT2D eigenvalue weighted by molar-refractivity contribution is -0.581. The summed E-state index contributed by atoms with van der Waals surface area (Å²) in [6.45, 7) is 3.86. The van der Waals surface area contributed by atoms with Crippen LogP contribution in [0.5, 0.6) is 5.75 Å². The molecule has 2 unspecified atom stereocenters. The molecule has 222 valence electrons. The highest BCUT2D eigenvalue weighted by molar-refractivity contribution is 8.13. The molecule has 0 spiro atoms. The number of hydrogen-bond acceptors (Lipinski definition) is 7. The summed E-state index contributed by atoms with van der Waals surface area (Å²) in [5, 5.41) is 23.0. The minimum atomic E-state index is -5.83. The van der Waals surface area contributed by atoms with Crippen LogP contribution in [0.15, 0.2) is 84.2 Å². The van der Waals surface area contributed by atoms with Crippen LogP contribution in [-0.2, 0) is 0 Å². The van der Waals surface area contributed by atoms with Crippen molar-refractivity contribution in [2.24, 2.45) is 5.10 Å². The number of aromatic nitrogens is 3. The zero-order valence-corrected chi connectivity index (χ0v) is 23.5. The quantitative estimate of drug-likeness (QED) is 0.155. The molecule has 2 aliphatic heterocycles. The van der Waals surface area contributed by atoms with Gasteiger partial charge in [-0.15, -0.1) is 10.1 Å². The van der Waals surface area contributed by atoms with Gasteiger partial charge in [0.15, 0.2) is 11.9 Å². The van der Waals surface area contributed by atoms with Crippen molar-refractivity contribution in [2.75, 3.05) is 5.75 Å². The molecular weight excluding hydrogens is 591 g/mol. The first-order valence-electron chi connectivity index (χ1n) is 13.0. The van der Waals surface area contributed by atoms with Crippen molar-refractivity contribution in [3.05, 3.63) is 90.3 Å². The number of fused-ring (bicyclic) bond motifs is 2. The largest absolute Gasteiger partial charge is 0.499 e. The van der Waals surface area contributed by atoms with Crippen molar-refractivity contribution >= 4 is 28.8 Å². The van der Waals surface area contributed by atoms with Gasteiger partial charge in [0.1, 0.15) is 17.8 Å². The second-order valence-electron chi connectivity index (χ2n) is 10.2. The van der Waals surface area contributed by atoms with Gasteiger partial charge < -0.3 is 9.84 Å². The first-order chi connectivity index (χ1) is 20.3. The second-order valence-corrected chi connectivity index (χ2v) is 11.1. The van der Waals surface area contributed by atoms with Crippen molar-refractivity contribution in [1.82, 2.24) is 19.8 Å². The predicted molar refractivity (Wildman–Crippen MR) is 151 cm³/mol. The Labute approximate surface area is 246 Å². The molecule has 43 heavy (non-hydrogen) atoms. The topological polar surface area (TPSA) is 78.8 Å². The lowest BCUT2D eigenvalue weighted by atomic mass is 10.0. The van der Waals surface area contributed by atoms with Crippen LogP contribution in [0.1, 0.15) is 31.0 Å². The molecule has 1 N–H and O–H groups in total. The summed E-state index contributed by atoms with van der Waals surface area (Å²) in [5.74, 6) is 0.245. The normalized spacial score (nSPS) is 20.5. The van der Waals surface area contributed by atoms with E-state index in [9.17, 15) is 27.1 Å². The van der Waals surface area contributed by atoms with Gasteiger partial charge in [0, 0.05) is 18.1 Å². The van der Waals surface area contributed by atoms with Crippen LogP contribution in [0.2, 0.25) is 0 Å². The summed E-state index contributed by atoms with van der Waals surface area (Å²) in [6.07, 6.45) is -8.00. The van der Waals surface area contributed by atoms with Crippen LogP contribution in [0.3, 0.4) is 0 Å². The van der Waals surface area contributed by atoms with E-state index in [2.05, 4.69) is 21.7 Å². The average molecular weight is 616 g/mol. The molecule has 4 aromatic rings. The summed E-state index contributed by atoms with van der Waals surface area (Å²) >= 11 is 1.55. The van der Waals surface area contributed by atoms with Gasteiger partial charge in [-0.2, -0.15) is 26.5 Å². The van der Waals surface area contributed by atoms with E-state index in [0.29, 0.717) is 22.8 Å². The molecule has 14 heteroatoms. The van der Waals surface area contributed by atoms with E-state index in [1.807, 2.05) is 58.1 Å². The number of hydrazone groups is 1. The van der Waals surface area contributed by atoms with E-state index in [4.69, 9.17) is 5.10 Å². The third-order valence-corrected chi connectivity index (χ3v) is 8.33. The molecule has 2 aliphatic rings. The summed E-state index contributed by atoms with van der Waals surface area (Å²) < 4.78 is 70.6. The summed E-state index contributed by atoms with van der Waals surface area (Å²) in [7, 11) is 0. The fraction of sp³-hybridized carbons (Fsp3) is 0.241. The van der Waals surface area contributed by atoms with Crippen molar-refractivity contribution in [3.63, 3.8) is 0 Å². The zero-order chi connectivity index (χ0) is 30.6. The molecule has 3 heterocycles. The Morgan fingerprint density at radius 1 is 1.05 bits per heavy atom. The van der Waals surface area contributed by atoms with E-state index >= 15 is 0 Å². The third kappa shape index (κ3) is 5.36. The van der Waals surface area contributed by atoms with Crippen molar-refractivity contribution < 1.29 is 36.4 Å². The number of thioether (sulfide) groups is 1. The van der Waals surface area contributed by atoms with Crippen molar-refractivity contribution in [3.8, 4) is 22.8 Å². The Bertz CT molecular complexity index is 1720. The first kappa shape index (κ1) is 28.8. The number of benzene rings is 3. The maximum absolute atomic E-state index is 13.2. The number of halogens is 5. The molecule has 8 nitrogen and oxygen atoms in total. The highest BCUT2D eigenvalue weighted by atomic mass is 32.2. The maximum Gasteiger partial charge on any atom is 0.499 e. The summed E-state index contributed by atoms with van der Waals surface area (Å²) in [5.41, 5.74) is 2.89. The van der Waals surface area contributed by atoms with E-state index < -0.39 is 23.8 Å². The third-order valence-electron chi connectivity index (χ3n) is 7.01. The smallest absolute Gasteiger partial charge is 0.426 e. The molecule has 0 radical (unpaired) electrons. The fourth-order valence-electron chi connectivity index (χ4n) is 4.80. The number of alkyl halides is 5. The fourth-order valence-corrected chi connectivity index (χ4v) is 6.09. The standard InChI is InChI=1S/C29H24F5N6O2S/c1-18-23-5-3-4-6-24(23)39-26(43-16-27(39,2)41)40(18)36-15-19-7-9-20(10-8-19)25-35-17-38(37-25)21-11-13-22(14-12-21)42-29(33,34)28(30,31)32/h3-15,17-18,41H,16H2,1-2H3/q+1/b36-15+. The average Bonchev–Trinajstić information content (AvgIpc) is 3.58. The number of para-hydroxylation sites is 1. The van der Waals surface area contributed by atoms with Gasteiger partial charge in [0.25, 0.3) is 0 Å². The van der Waals surface area contributed by atoms with Crippen LogP contribution in [0.4, 0.5) is 27.6 Å².